The van der Waals surface area contributed by atoms with Crippen molar-refractivity contribution >= 4 is 17.0 Å². The molecule has 2 aromatic rings. The molecule has 0 bridgehead atoms. The van der Waals surface area contributed by atoms with E-state index in [-0.39, 0.29) is 11.5 Å². The van der Waals surface area contributed by atoms with Crippen molar-refractivity contribution in [1.82, 2.24) is 9.97 Å². The SMILES string of the molecule is COc1cc(F)c2nc(N)[nH]c2c1. The van der Waals surface area contributed by atoms with Crippen molar-refractivity contribution in [3.05, 3.63) is 17.9 Å². The largest absolute Gasteiger partial charge is 0.497 e. The summed E-state index contributed by atoms with van der Waals surface area (Å²) in [6.45, 7) is 0. The van der Waals surface area contributed by atoms with Crippen LogP contribution in [0.4, 0.5) is 10.3 Å². The summed E-state index contributed by atoms with van der Waals surface area (Å²) in [5, 5.41) is 0. The first kappa shape index (κ1) is 7.85. The van der Waals surface area contributed by atoms with Gasteiger partial charge < -0.3 is 15.5 Å². The molecule has 1 heterocycles. The molecule has 5 heteroatoms. The monoisotopic (exact) mass is 181 g/mol. The molecule has 0 fully saturated rings. The molecule has 2 rings (SSSR count). The third kappa shape index (κ3) is 1.18. The molecule has 1 aromatic heterocycles. The lowest BCUT2D eigenvalue weighted by Gasteiger charge is -1.98. The van der Waals surface area contributed by atoms with Gasteiger partial charge in [0.05, 0.1) is 12.6 Å². The van der Waals surface area contributed by atoms with Crippen molar-refractivity contribution in [2.24, 2.45) is 0 Å². The molecule has 3 N–H and O–H groups in total. The summed E-state index contributed by atoms with van der Waals surface area (Å²) in [5.74, 6) is 0.193. The number of methoxy groups -OCH3 is 1. The molecule has 0 amide bonds. The van der Waals surface area contributed by atoms with E-state index in [9.17, 15) is 4.39 Å². The fourth-order valence-electron chi connectivity index (χ4n) is 1.19. The van der Waals surface area contributed by atoms with E-state index < -0.39 is 5.82 Å². The lowest BCUT2D eigenvalue weighted by Crippen LogP contribution is -1.85. The number of benzene rings is 1. The Morgan fingerprint density at radius 3 is 3.00 bits per heavy atom. The van der Waals surface area contributed by atoms with E-state index in [1.807, 2.05) is 0 Å². The van der Waals surface area contributed by atoms with Crippen LogP contribution in [0.1, 0.15) is 0 Å². The van der Waals surface area contributed by atoms with Crippen LogP contribution in [0.15, 0.2) is 12.1 Å². The number of nitrogen functional groups attached to an aromatic ring is 1. The van der Waals surface area contributed by atoms with E-state index in [1.54, 1.807) is 6.07 Å². The van der Waals surface area contributed by atoms with Crippen molar-refractivity contribution in [2.45, 2.75) is 0 Å². The van der Waals surface area contributed by atoms with Gasteiger partial charge in [-0.2, -0.15) is 0 Å². The van der Waals surface area contributed by atoms with Gasteiger partial charge in [0, 0.05) is 12.1 Å². The highest BCUT2D eigenvalue weighted by Gasteiger charge is 2.07. The molecule has 0 saturated heterocycles. The van der Waals surface area contributed by atoms with Gasteiger partial charge in [-0.05, 0) is 0 Å². The van der Waals surface area contributed by atoms with Gasteiger partial charge >= 0.3 is 0 Å². The van der Waals surface area contributed by atoms with Gasteiger partial charge in [-0.1, -0.05) is 0 Å². The predicted octanol–water partition coefficient (Wildman–Crippen LogP) is 1.29. The van der Waals surface area contributed by atoms with E-state index in [0.717, 1.165) is 0 Å². The number of anilines is 1. The van der Waals surface area contributed by atoms with Gasteiger partial charge in [-0.3, -0.25) is 0 Å². The van der Waals surface area contributed by atoms with Crippen molar-refractivity contribution in [3.63, 3.8) is 0 Å². The third-order valence-electron chi connectivity index (χ3n) is 1.77. The molecule has 0 aliphatic carbocycles. The number of aromatic nitrogens is 2. The van der Waals surface area contributed by atoms with E-state index in [2.05, 4.69) is 9.97 Å². The van der Waals surface area contributed by atoms with Crippen molar-refractivity contribution < 1.29 is 9.13 Å². The van der Waals surface area contributed by atoms with Crippen LogP contribution in [0.5, 0.6) is 5.75 Å². The topological polar surface area (TPSA) is 63.9 Å². The number of nitrogens with two attached hydrogens (primary N) is 1. The minimum absolute atomic E-state index is 0.196. The van der Waals surface area contributed by atoms with Crippen LogP contribution >= 0.6 is 0 Å². The first-order chi connectivity index (χ1) is 6.20. The zero-order chi connectivity index (χ0) is 9.42. The summed E-state index contributed by atoms with van der Waals surface area (Å²) < 4.78 is 18.1. The first-order valence-corrected chi connectivity index (χ1v) is 3.69. The number of ether oxygens (including phenoxy) is 1. The van der Waals surface area contributed by atoms with Gasteiger partial charge in [0.1, 0.15) is 11.3 Å². The Balaban J connectivity index is 2.75. The zero-order valence-electron chi connectivity index (χ0n) is 6.97. The minimum Gasteiger partial charge on any atom is -0.497 e. The van der Waals surface area contributed by atoms with Gasteiger partial charge in [-0.15, -0.1) is 0 Å². The number of halogens is 1. The Morgan fingerprint density at radius 2 is 2.31 bits per heavy atom. The molecule has 0 unspecified atom stereocenters. The first-order valence-electron chi connectivity index (χ1n) is 3.69. The van der Waals surface area contributed by atoms with E-state index in [0.29, 0.717) is 11.3 Å². The molecule has 4 nitrogen and oxygen atoms in total. The predicted molar refractivity (Wildman–Crippen MR) is 47.0 cm³/mol. The summed E-state index contributed by atoms with van der Waals surface area (Å²) in [6.07, 6.45) is 0. The van der Waals surface area contributed by atoms with Crippen LogP contribution in [-0.2, 0) is 0 Å². The minimum atomic E-state index is -0.442. The highest BCUT2D eigenvalue weighted by molar-refractivity contribution is 5.79. The Morgan fingerprint density at radius 1 is 1.54 bits per heavy atom. The van der Waals surface area contributed by atoms with E-state index in [4.69, 9.17) is 10.5 Å². The van der Waals surface area contributed by atoms with Crippen molar-refractivity contribution in [1.29, 1.82) is 0 Å². The Labute approximate surface area is 73.5 Å². The fourth-order valence-corrected chi connectivity index (χ4v) is 1.19. The molecule has 68 valence electrons. The number of nitrogens with zero attached hydrogens (tertiary/aromatic N) is 1. The maximum absolute atomic E-state index is 13.2. The number of aromatic amines is 1. The molecular weight excluding hydrogens is 173 g/mol. The number of imidazole rings is 1. The molecule has 0 aliphatic heterocycles. The van der Waals surface area contributed by atoms with Crippen LogP contribution in [0.2, 0.25) is 0 Å². The number of hydrogen-bond acceptors (Lipinski definition) is 3. The van der Waals surface area contributed by atoms with Gasteiger partial charge in [0.25, 0.3) is 0 Å². The van der Waals surface area contributed by atoms with Gasteiger partial charge in [0.2, 0.25) is 0 Å². The number of hydrogen-bond donors (Lipinski definition) is 2. The van der Waals surface area contributed by atoms with Crippen molar-refractivity contribution in [2.75, 3.05) is 12.8 Å². The summed E-state index contributed by atoms with van der Waals surface area (Å²) in [4.78, 5) is 6.50. The number of H-pyrrole nitrogens is 1. The molecule has 0 atom stereocenters. The second kappa shape index (κ2) is 2.62. The molecular formula is C8H8FN3O. The zero-order valence-corrected chi connectivity index (χ0v) is 6.97. The maximum Gasteiger partial charge on any atom is 0.198 e. The van der Waals surface area contributed by atoms with E-state index >= 15 is 0 Å². The van der Waals surface area contributed by atoms with Crippen LogP contribution in [0, 0.1) is 5.82 Å². The third-order valence-corrected chi connectivity index (χ3v) is 1.77. The van der Waals surface area contributed by atoms with Gasteiger partial charge in [-0.25, -0.2) is 9.37 Å². The lowest BCUT2D eigenvalue weighted by molar-refractivity contribution is 0.412. The average molecular weight is 181 g/mol. The quantitative estimate of drug-likeness (QED) is 0.696. The summed E-state index contributed by atoms with van der Waals surface area (Å²) in [7, 11) is 1.47. The molecule has 0 radical (unpaired) electrons. The van der Waals surface area contributed by atoms with Gasteiger partial charge in [0.15, 0.2) is 11.8 Å². The van der Waals surface area contributed by atoms with Crippen LogP contribution in [-0.4, -0.2) is 17.1 Å². The van der Waals surface area contributed by atoms with Crippen LogP contribution in [0.3, 0.4) is 0 Å². The molecule has 0 aliphatic rings. The second-order valence-corrected chi connectivity index (χ2v) is 2.63. The number of rotatable bonds is 1. The lowest BCUT2D eigenvalue weighted by atomic mass is 10.3. The molecule has 0 spiro atoms. The van der Waals surface area contributed by atoms with Crippen LogP contribution in [0.25, 0.3) is 11.0 Å². The van der Waals surface area contributed by atoms with Crippen LogP contribution < -0.4 is 10.5 Å². The summed E-state index contributed by atoms with van der Waals surface area (Å²) in [6, 6.07) is 2.91. The summed E-state index contributed by atoms with van der Waals surface area (Å²) in [5.41, 5.74) is 6.15. The number of fused-ring (bicyclic) bond motifs is 1. The highest BCUT2D eigenvalue weighted by atomic mass is 19.1. The maximum atomic E-state index is 13.2. The second-order valence-electron chi connectivity index (χ2n) is 2.63. The Hall–Kier alpha value is -1.78. The average Bonchev–Trinajstić information content (AvgIpc) is 2.46. The fraction of sp³-hybridized carbons (Fsp3) is 0.125. The smallest absolute Gasteiger partial charge is 0.198 e. The normalized spacial score (nSPS) is 10.6. The highest BCUT2D eigenvalue weighted by Crippen LogP contribution is 2.22. The van der Waals surface area contributed by atoms with E-state index in [1.165, 1.54) is 13.2 Å². The Kier molecular flexibility index (Phi) is 1.58. The molecule has 0 saturated carbocycles. The number of nitrogens with one attached hydrogen (secondary N) is 1. The molecule has 13 heavy (non-hydrogen) atoms. The summed E-state index contributed by atoms with van der Waals surface area (Å²) >= 11 is 0. The molecule has 1 aromatic carbocycles. The Bertz CT molecular complexity index is 452. The standard InChI is InChI=1S/C8H8FN3O/c1-13-4-2-5(9)7-6(3-4)11-8(10)12-7/h2-3H,1H3,(H3,10,11,12). The van der Waals surface area contributed by atoms with Crippen molar-refractivity contribution in [3.8, 4) is 5.75 Å².